The molecule has 0 fully saturated rings. The Bertz CT molecular complexity index is 462. The quantitative estimate of drug-likeness (QED) is 0.532. The average Bonchev–Trinajstić information content (AvgIpc) is 2.78. The zero-order valence-electron chi connectivity index (χ0n) is 11.5. The number of nitrogens with zero attached hydrogens (tertiary/aromatic N) is 1. The summed E-state index contributed by atoms with van der Waals surface area (Å²) in [7, 11) is 3.04. The molecular formula is C12H18N2O4S2. The molecule has 0 saturated carbocycles. The summed E-state index contributed by atoms with van der Waals surface area (Å²) in [6, 6.07) is 0. The van der Waals surface area contributed by atoms with E-state index in [9.17, 15) is 9.59 Å². The molecule has 1 heterocycles. The lowest BCUT2D eigenvalue weighted by Crippen LogP contribution is -2.26. The van der Waals surface area contributed by atoms with Crippen molar-refractivity contribution in [2.45, 2.75) is 26.7 Å². The number of aryl methyl sites for hydroxylation is 2. The molecule has 1 rings (SSSR count). The van der Waals surface area contributed by atoms with Crippen molar-refractivity contribution in [3.8, 4) is 0 Å². The molecule has 0 spiro atoms. The standard InChI is InChI=1S/C12H18N2O4S2/c1-3-9-11(8(2)14-18-9)12(17)13-5-7-20-19-6-4-10(15)16/h3-7H2,1-2H3,(H,13,17)(H,15,16). The highest BCUT2D eigenvalue weighted by Crippen LogP contribution is 2.21. The summed E-state index contributed by atoms with van der Waals surface area (Å²) in [6.45, 7) is 4.18. The van der Waals surface area contributed by atoms with Gasteiger partial charge in [-0.15, -0.1) is 0 Å². The number of aromatic nitrogens is 1. The molecule has 1 amide bonds. The van der Waals surface area contributed by atoms with Crippen LogP contribution in [0.15, 0.2) is 4.52 Å². The summed E-state index contributed by atoms with van der Waals surface area (Å²) in [6.07, 6.45) is 0.785. The molecule has 0 aromatic carbocycles. The summed E-state index contributed by atoms with van der Waals surface area (Å²) >= 11 is 0. The summed E-state index contributed by atoms with van der Waals surface area (Å²) < 4.78 is 5.07. The third kappa shape index (κ3) is 5.46. The van der Waals surface area contributed by atoms with Crippen molar-refractivity contribution in [3.63, 3.8) is 0 Å². The zero-order valence-corrected chi connectivity index (χ0v) is 13.1. The number of rotatable bonds is 9. The van der Waals surface area contributed by atoms with Gasteiger partial charge < -0.3 is 14.9 Å². The molecule has 0 atom stereocenters. The van der Waals surface area contributed by atoms with Gasteiger partial charge in [0, 0.05) is 24.5 Å². The lowest BCUT2D eigenvalue weighted by molar-refractivity contribution is -0.136. The van der Waals surface area contributed by atoms with Gasteiger partial charge in [-0.25, -0.2) is 0 Å². The molecule has 20 heavy (non-hydrogen) atoms. The van der Waals surface area contributed by atoms with E-state index in [2.05, 4.69) is 10.5 Å². The van der Waals surface area contributed by atoms with Crippen LogP contribution in [0.5, 0.6) is 0 Å². The van der Waals surface area contributed by atoms with Gasteiger partial charge in [-0.1, -0.05) is 33.7 Å². The lowest BCUT2D eigenvalue weighted by atomic mass is 10.1. The van der Waals surface area contributed by atoms with E-state index in [0.717, 1.165) is 5.75 Å². The molecule has 0 saturated heterocycles. The van der Waals surface area contributed by atoms with E-state index in [1.54, 1.807) is 17.7 Å². The van der Waals surface area contributed by atoms with Gasteiger partial charge in [0.05, 0.1) is 12.1 Å². The Morgan fingerprint density at radius 1 is 1.35 bits per heavy atom. The van der Waals surface area contributed by atoms with Crippen molar-refractivity contribution in [3.05, 3.63) is 17.0 Å². The normalized spacial score (nSPS) is 10.5. The molecule has 0 bridgehead atoms. The van der Waals surface area contributed by atoms with E-state index in [0.29, 0.717) is 35.7 Å². The Hall–Kier alpha value is -1.15. The number of carboxylic acid groups (broad SMARTS) is 1. The second kappa shape index (κ2) is 8.91. The predicted molar refractivity (Wildman–Crippen MR) is 80.1 cm³/mol. The van der Waals surface area contributed by atoms with Crippen LogP contribution >= 0.6 is 21.6 Å². The van der Waals surface area contributed by atoms with Crippen LogP contribution < -0.4 is 5.32 Å². The first kappa shape index (κ1) is 16.9. The van der Waals surface area contributed by atoms with Crippen molar-refractivity contribution in [2.24, 2.45) is 0 Å². The Morgan fingerprint density at radius 2 is 2.05 bits per heavy atom. The third-order valence-electron chi connectivity index (χ3n) is 2.44. The molecule has 6 nitrogen and oxygen atoms in total. The minimum Gasteiger partial charge on any atom is -0.481 e. The molecule has 1 aromatic heterocycles. The highest BCUT2D eigenvalue weighted by Gasteiger charge is 2.18. The zero-order chi connectivity index (χ0) is 15.0. The van der Waals surface area contributed by atoms with Crippen LogP contribution in [-0.4, -0.2) is 40.2 Å². The average molecular weight is 318 g/mol. The van der Waals surface area contributed by atoms with Gasteiger partial charge in [0.15, 0.2) is 0 Å². The summed E-state index contributed by atoms with van der Waals surface area (Å²) in [4.78, 5) is 22.3. The molecule has 0 aliphatic heterocycles. The van der Waals surface area contributed by atoms with Gasteiger partial charge in [-0.2, -0.15) is 0 Å². The van der Waals surface area contributed by atoms with Crippen LogP contribution in [0.1, 0.15) is 35.2 Å². The van der Waals surface area contributed by atoms with Gasteiger partial charge in [0.1, 0.15) is 11.3 Å². The Labute approximate surface area is 125 Å². The number of carbonyl (C=O) groups is 2. The fourth-order valence-electron chi connectivity index (χ4n) is 1.49. The van der Waals surface area contributed by atoms with Crippen molar-refractivity contribution in [1.82, 2.24) is 10.5 Å². The number of hydrogen-bond acceptors (Lipinski definition) is 6. The second-order valence-electron chi connectivity index (χ2n) is 3.96. The van der Waals surface area contributed by atoms with Gasteiger partial charge >= 0.3 is 5.97 Å². The smallest absolute Gasteiger partial charge is 0.304 e. The molecular weight excluding hydrogens is 300 g/mol. The van der Waals surface area contributed by atoms with Gasteiger partial charge in [-0.3, -0.25) is 9.59 Å². The number of amides is 1. The minimum atomic E-state index is -0.790. The highest BCUT2D eigenvalue weighted by atomic mass is 33.1. The van der Waals surface area contributed by atoms with Crippen LogP contribution in [-0.2, 0) is 11.2 Å². The molecule has 1 aromatic rings. The monoisotopic (exact) mass is 318 g/mol. The Morgan fingerprint density at radius 3 is 2.70 bits per heavy atom. The summed E-state index contributed by atoms with van der Waals surface area (Å²) in [5, 5.41) is 15.1. The molecule has 0 unspecified atom stereocenters. The molecule has 112 valence electrons. The summed E-state index contributed by atoms with van der Waals surface area (Å²) in [5.74, 6) is 0.933. The molecule has 8 heteroatoms. The third-order valence-corrected chi connectivity index (χ3v) is 4.84. The van der Waals surface area contributed by atoms with Gasteiger partial charge in [0.2, 0.25) is 0 Å². The summed E-state index contributed by atoms with van der Waals surface area (Å²) in [5.41, 5.74) is 1.12. The highest BCUT2D eigenvalue weighted by molar-refractivity contribution is 8.76. The van der Waals surface area contributed by atoms with Crippen LogP contribution in [0.2, 0.25) is 0 Å². The van der Waals surface area contributed by atoms with E-state index in [1.165, 1.54) is 10.8 Å². The van der Waals surface area contributed by atoms with Crippen LogP contribution in [0.4, 0.5) is 0 Å². The first-order valence-electron chi connectivity index (χ1n) is 6.25. The van der Waals surface area contributed by atoms with Crippen molar-refractivity contribution in [1.29, 1.82) is 0 Å². The fourth-order valence-corrected chi connectivity index (χ4v) is 3.38. The fraction of sp³-hybridized carbons (Fsp3) is 0.583. The van der Waals surface area contributed by atoms with Crippen LogP contribution in [0.3, 0.4) is 0 Å². The number of nitrogens with one attached hydrogen (secondary N) is 1. The number of carboxylic acids is 1. The molecule has 0 aliphatic rings. The second-order valence-corrected chi connectivity index (χ2v) is 6.67. The van der Waals surface area contributed by atoms with Crippen molar-refractivity contribution < 1.29 is 19.2 Å². The van der Waals surface area contributed by atoms with Gasteiger partial charge in [0.25, 0.3) is 5.91 Å². The van der Waals surface area contributed by atoms with Gasteiger partial charge in [-0.05, 0) is 6.92 Å². The molecule has 2 N–H and O–H groups in total. The van der Waals surface area contributed by atoms with Crippen LogP contribution in [0, 0.1) is 6.92 Å². The maximum Gasteiger partial charge on any atom is 0.304 e. The van der Waals surface area contributed by atoms with Crippen molar-refractivity contribution >= 4 is 33.5 Å². The molecule has 0 aliphatic carbocycles. The first-order chi connectivity index (χ1) is 9.56. The Balaban J connectivity index is 2.23. The van der Waals surface area contributed by atoms with Crippen molar-refractivity contribution in [2.75, 3.05) is 18.1 Å². The van der Waals surface area contributed by atoms with E-state index < -0.39 is 5.97 Å². The van der Waals surface area contributed by atoms with E-state index in [1.807, 2.05) is 6.92 Å². The topological polar surface area (TPSA) is 92.4 Å². The van der Waals surface area contributed by atoms with E-state index in [-0.39, 0.29) is 12.3 Å². The predicted octanol–water partition coefficient (Wildman–Crippen LogP) is 2.13. The maximum absolute atomic E-state index is 12.0. The number of carbonyl (C=O) groups excluding carboxylic acids is 1. The minimum absolute atomic E-state index is 0.157. The Kier molecular flexibility index (Phi) is 7.53. The molecule has 0 radical (unpaired) electrons. The van der Waals surface area contributed by atoms with Crippen LogP contribution in [0.25, 0.3) is 0 Å². The largest absolute Gasteiger partial charge is 0.481 e. The first-order valence-corrected chi connectivity index (χ1v) is 8.74. The maximum atomic E-state index is 12.0. The van der Waals surface area contributed by atoms with E-state index in [4.69, 9.17) is 9.63 Å². The van der Waals surface area contributed by atoms with E-state index >= 15 is 0 Å². The lowest BCUT2D eigenvalue weighted by Gasteiger charge is -2.04. The number of hydrogen-bond donors (Lipinski definition) is 2. The number of aliphatic carboxylic acids is 1. The SMILES string of the molecule is CCc1onc(C)c1C(=O)NCCSSCCC(=O)O.